The Balaban J connectivity index is 0.000000559. The number of aliphatic hydroxyl groups is 1. The third kappa shape index (κ3) is 19.2. The van der Waals surface area contributed by atoms with Crippen LogP contribution in [0.3, 0.4) is 0 Å². The standard InChI is InChI=1S/C12H17N.C12H25N.C7H8O.C5H11N.CH3.2ClH.Rh/c1-3-7-12(8-4-1)11-13-9-5-2-6-10-13;1-8-9(2)11(4)12(10(8)3)6-5-7-13;8-6-7-4-2-1-3-5-7;1-2-4-6-5-3-1;;;;/h1,3-4,7-8H,2,5-6,9-11H2;8-12H,5-7,13H2,1-4H3;1-5,8H,6H2;6H,1-5H2;1H3;2*1H;/q;;;;-1;;;+2/p-2. The van der Waals surface area contributed by atoms with Crippen LogP contribution >= 0.6 is 19.4 Å². The first-order valence-corrected chi connectivity index (χ1v) is 20.8. The van der Waals surface area contributed by atoms with E-state index in [2.05, 4.69) is 68.2 Å². The van der Waals surface area contributed by atoms with Crippen molar-refractivity contribution in [2.75, 3.05) is 32.7 Å². The number of nitrogens with two attached hydrogens (primary N) is 1. The molecule has 0 aromatic heterocycles. The predicted molar refractivity (Wildman–Crippen MR) is 191 cm³/mol. The molecular weight excluding hydrogens is 676 g/mol. The van der Waals surface area contributed by atoms with E-state index in [0.717, 1.165) is 48.2 Å². The Hall–Kier alpha value is -0.517. The zero-order valence-corrected chi connectivity index (χ0v) is 31.5. The van der Waals surface area contributed by atoms with E-state index in [0.29, 0.717) is 0 Å². The van der Waals surface area contributed by atoms with Gasteiger partial charge in [-0.3, -0.25) is 4.90 Å². The number of aliphatic hydroxyl groups excluding tert-OH is 1. The van der Waals surface area contributed by atoms with Crippen molar-refractivity contribution in [2.24, 2.45) is 35.3 Å². The van der Waals surface area contributed by atoms with E-state index in [1.165, 1.54) is 83.1 Å². The minimum Gasteiger partial charge on any atom is -0.299 e. The van der Waals surface area contributed by atoms with Crippen LogP contribution in [0.4, 0.5) is 0 Å². The van der Waals surface area contributed by atoms with Crippen molar-refractivity contribution in [1.82, 2.24) is 10.2 Å². The molecule has 257 valence electrons. The maximum atomic E-state index is 8.54. The van der Waals surface area contributed by atoms with Crippen molar-refractivity contribution in [1.29, 1.82) is 0 Å². The smallest absolute Gasteiger partial charge is 0.0233 e. The van der Waals surface area contributed by atoms with Gasteiger partial charge in [0.15, 0.2) is 0 Å². The van der Waals surface area contributed by atoms with Crippen LogP contribution in [0.2, 0.25) is 0 Å². The van der Waals surface area contributed by atoms with E-state index >= 15 is 0 Å². The Morgan fingerprint density at radius 2 is 1.20 bits per heavy atom. The molecule has 4 N–H and O–H groups in total. The molecule has 0 spiro atoms. The van der Waals surface area contributed by atoms with Gasteiger partial charge in [0.05, 0.1) is 6.61 Å². The molecule has 0 bridgehead atoms. The monoisotopic (exact) mass is 739 g/mol. The third-order valence-corrected chi connectivity index (χ3v) is 9.51. The van der Waals surface area contributed by atoms with Gasteiger partial charge in [-0.2, -0.15) is 0 Å². The van der Waals surface area contributed by atoms with Crippen LogP contribution in [0.25, 0.3) is 0 Å². The Kier molecular flexibility index (Phi) is 28.3. The molecule has 2 saturated heterocycles. The zero-order chi connectivity index (χ0) is 31.7. The van der Waals surface area contributed by atoms with Crippen molar-refractivity contribution in [3.8, 4) is 0 Å². The summed E-state index contributed by atoms with van der Waals surface area (Å²) in [4.78, 5) is 2.55. The summed E-state index contributed by atoms with van der Waals surface area (Å²) in [6, 6.07) is 20.3. The number of benzene rings is 2. The first-order valence-electron chi connectivity index (χ1n) is 16.5. The van der Waals surface area contributed by atoms with E-state index in [1.807, 2.05) is 30.3 Å². The van der Waals surface area contributed by atoms with Gasteiger partial charge < -0.3 is 23.6 Å². The quantitative estimate of drug-likeness (QED) is 0.204. The first kappa shape index (κ1) is 43.5. The molecule has 4 nitrogen and oxygen atoms in total. The summed E-state index contributed by atoms with van der Waals surface area (Å²) in [6.45, 7) is 16.9. The average Bonchev–Trinajstić information content (AvgIpc) is 3.25. The molecule has 2 aromatic carbocycles. The van der Waals surface area contributed by atoms with Gasteiger partial charge in [0.25, 0.3) is 0 Å². The third-order valence-electron chi connectivity index (χ3n) is 9.51. The fourth-order valence-corrected chi connectivity index (χ4v) is 6.44. The van der Waals surface area contributed by atoms with Gasteiger partial charge in [-0.15, -0.1) is 0 Å². The van der Waals surface area contributed by atoms with Gasteiger partial charge in [0, 0.05) is 6.54 Å². The van der Waals surface area contributed by atoms with Crippen molar-refractivity contribution in [3.05, 3.63) is 79.2 Å². The van der Waals surface area contributed by atoms with Crippen LogP contribution in [-0.2, 0) is 28.3 Å². The largest absolute Gasteiger partial charge is 0.299 e. The number of halogens is 2. The second kappa shape index (κ2) is 28.7. The van der Waals surface area contributed by atoms with Crippen LogP contribution in [0.5, 0.6) is 0 Å². The fourth-order valence-electron chi connectivity index (χ4n) is 6.44. The fraction of sp³-hybridized carbons (Fsp3) is 0.649. The number of hydrogen-bond acceptors (Lipinski definition) is 4. The zero-order valence-electron chi connectivity index (χ0n) is 28.3. The molecule has 7 heteroatoms. The molecule has 2 aliphatic heterocycles. The van der Waals surface area contributed by atoms with E-state index < -0.39 is 0 Å². The molecule has 0 radical (unpaired) electrons. The van der Waals surface area contributed by atoms with Crippen LogP contribution in [0.1, 0.15) is 90.2 Å². The minimum atomic E-state index is -0.226. The van der Waals surface area contributed by atoms with Gasteiger partial charge in [-0.05, 0) is 112 Å². The molecule has 3 aliphatic rings. The van der Waals surface area contributed by atoms with Crippen molar-refractivity contribution >= 4 is 19.4 Å². The molecule has 4 atom stereocenters. The van der Waals surface area contributed by atoms with Crippen molar-refractivity contribution in [2.45, 2.75) is 92.2 Å². The van der Waals surface area contributed by atoms with Gasteiger partial charge in [0.2, 0.25) is 0 Å². The van der Waals surface area contributed by atoms with Crippen molar-refractivity contribution < 1.29 is 20.3 Å². The van der Waals surface area contributed by atoms with Gasteiger partial charge in [0.1, 0.15) is 0 Å². The summed E-state index contributed by atoms with van der Waals surface area (Å²) < 4.78 is 0. The maximum absolute atomic E-state index is 8.54. The normalized spacial score (nSPS) is 24.4. The number of rotatable bonds is 6. The number of likely N-dealkylation sites (tertiary alicyclic amines) is 1. The van der Waals surface area contributed by atoms with E-state index in [4.69, 9.17) is 30.2 Å². The van der Waals surface area contributed by atoms with Crippen molar-refractivity contribution in [3.63, 3.8) is 0 Å². The van der Waals surface area contributed by atoms with Crippen LogP contribution in [-0.4, -0.2) is 42.7 Å². The summed E-state index contributed by atoms with van der Waals surface area (Å²) in [7, 11) is 9.67. The topological polar surface area (TPSA) is 61.5 Å². The first-order chi connectivity index (χ1) is 20.9. The Labute approximate surface area is 287 Å². The number of piperidine rings is 2. The van der Waals surface area contributed by atoms with Crippen LogP contribution in [0, 0.1) is 37.0 Å². The maximum Gasteiger partial charge on any atom is 0.0233 e. The molecule has 2 heterocycles. The van der Waals surface area contributed by atoms with Crippen LogP contribution < -0.4 is 11.1 Å². The summed E-state index contributed by atoms with van der Waals surface area (Å²) in [5, 5.41) is 11.8. The molecule has 0 amide bonds. The molecular formula is C37H64Cl2N3ORh-. The predicted octanol–water partition coefficient (Wildman–Crippen LogP) is 9.34. The molecule has 5 rings (SSSR count). The summed E-state index contributed by atoms with van der Waals surface area (Å²) in [6.07, 6.45) is 10.9. The minimum absolute atomic E-state index is 0. The molecule has 44 heavy (non-hydrogen) atoms. The molecule has 1 saturated carbocycles. The second-order valence-electron chi connectivity index (χ2n) is 12.4. The van der Waals surface area contributed by atoms with E-state index in [9.17, 15) is 0 Å². The molecule has 4 unspecified atom stereocenters. The van der Waals surface area contributed by atoms with Gasteiger partial charge in [-0.25, -0.2) is 0 Å². The average molecular weight is 741 g/mol. The Bertz CT molecular complexity index is 844. The number of hydrogen-bond donors (Lipinski definition) is 3. The Morgan fingerprint density at radius 1 is 0.750 bits per heavy atom. The Morgan fingerprint density at radius 3 is 1.57 bits per heavy atom. The molecule has 2 aromatic rings. The van der Waals surface area contributed by atoms with Gasteiger partial charge >= 0.3 is 34.5 Å². The molecule has 1 aliphatic carbocycles. The number of nitrogens with one attached hydrogen (secondary N) is 1. The molecule has 3 fully saturated rings. The second-order valence-corrected chi connectivity index (χ2v) is 14.8. The summed E-state index contributed by atoms with van der Waals surface area (Å²) >= 11 is -0.226. The number of nitrogens with zero attached hydrogens (tertiary/aromatic N) is 1. The summed E-state index contributed by atoms with van der Waals surface area (Å²) in [5.41, 5.74) is 7.98. The van der Waals surface area contributed by atoms with E-state index in [-0.39, 0.29) is 29.2 Å². The van der Waals surface area contributed by atoms with Gasteiger partial charge in [-0.1, -0.05) is 101 Å². The van der Waals surface area contributed by atoms with Crippen LogP contribution in [0.15, 0.2) is 60.7 Å². The van der Waals surface area contributed by atoms with E-state index in [1.54, 1.807) is 0 Å². The SMILES string of the molecule is C1CCNCC1.CC1C(C)C(C)C(CCCN)C1C.OCc1ccccc1.[CH3-].[Cl][Rh][Cl].c1ccc(CN2CCCCC2)cc1. The summed E-state index contributed by atoms with van der Waals surface area (Å²) in [5.74, 6) is 4.53.